The van der Waals surface area contributed by atoms with Crippen molar-refractivity contribution in [1.82, 2.24) is 25.1 Å². The minimum absolute atomic E-state index is 0.0486. The number of nitrogens with one attached hydrogen (secondary N) is 1. The number of carbonyl (C=O) groups excluding carboxylic acids is 1. The van der Waals surface area contributed by atoms with Crippen molar-refractivity contribution in [2.45, 2.75) is 38.3 Å². The molecule has 0 bridgehead atoms. The first-order chi connectivity index (χ1) is 12.7. The summed E-state index contributed by atoms with van der Waals surface area (Å²) < 4.78 is 0. The number of carbonyl (C=O) groups is 1. The van der Waals surface area contributed by atoms with Crippen LogP contribution in [0.15, 0.2) is 36.7 Å². The lowest BCUT2D eigenvalue weighted by Gasteiger charge is -2.22. The van der Waals surface area contributed by atoms with Crippen LogP contribution in [0, 0.1) is 0 Å². The summed E-state index contributed by atoms with van der Waals surface area (Å²) in [6.45, 7) is 2.29. The third kappa shape index (κ3) is 3.06. The van der Waals surface area contributed by atoms with E-state index in [9.17, 15) is 9.90 Å². The van der Waals surface area contributed by atoms with Gasteiger partial charge in [-0.25, -0.2) is 4.98 Å². The zero-order valence-corrected chi connectivity index (χ0v) is 14.6. The molecular weight excluding hydrogens is 330 g/mol. The van der Waals surface area contributed by atoms with Crippen LogP contribution >= 0.6 is 0 Å². The molecular formula is C19H21N5O2. The molecule has 7 nitrogen and oxygen atoms in total. The van der Waals surface area contributed by atoms with E-state index in [1.165, 1.54) is 0 Å². The van der Waals surface area contributed by atoms with Crippen molar-refractivity contribution in [3.63, 3.8) is 0 Å². The molecule has 1 saturated heterocycles. The van der Waals surface area contributed by atoms with Gasteiger partial charge in [0.2, 0.25) is 5.91 Å². The number of nitrogens with zero attached hydrogens (tertiary/aromatic N) is 4. The Balaban J connectivity index is 1.59. The monoisotopic (exact) mass is 351 g/mol. The smallest absolute Gasteiger partial charge is 0.227 e. The molecule has 7 heteroatoms. The molecule has 1 aromatic carbocycles. The molecule has 3 heterocycles. The Hall–Kier alpha value is -2.80. The number of aromatic amines is 1. The fourth-order valence-corrected chi connectivity index (χ4v) is 3.54. The number of fused-ring (bicyclic) bond motifs is 1. The molecule has 0 spiro atoms. The Morgan fingerprint density at radius 1 is 1.35 bits per heavy atom. The molecule has 134 valence electrons. The van der Waals surface area contributed by atoms with Crippen LogP contribution in [0.4, 0.5) is 0 Å². The van der Waals surface area contributed by atoms with E-state index in [0.29, 0.717) is 18.8 Å². The first kappa shape index (κ1) is 16.7. The van der Waals surface area contributed by atoms with Gasteiger partial charge in [-0.2, -0.15) is 5.10 Å². The largest absolute Gasteiger partial charge is 0.391 e. The van der Waals surface area contributed by atoms with E-state index in [0.717, 1.165) is 28.6 Å². The van der Waals surface area contributed by atoms with E-state index in [1.54, 1.807) is 17.3 Å². The third-order valence-corrected chi connectivity index (χ3v) is 4.87. The van der Waals surface area contributed by atoms with Gasteiger partial charge in [0.15, 0.2) is 5.82 Å². The number of likely N-dealkylation sites (tertiary alicyclic amines) is 1. The minimum Gasteiger partial charge on any atom is -0.391 e. The molecule has 2 N–H and O–H groups in total. The summed E-state index contributed by atoms with van der Waals surface area (Å²) in [5.41, 5.74) is 0.887. The van der Waals surface area contributed by atoms with Crippen molar-refractivity contribution < 1.29 is 9.90 Å². The van der Waals surface area contributed by atoms with E-state index in [1.807, 2.05) is 31.2 Å². The number of aliphatic hydroxyl groups is 1. The number of aryl methyl sites for hydroxylation is 1. The molecule has 0 radical (unpaired) electrons. The van der Waals surface area contributed by atoms with E-state index >= 15 is 0 Å². The van der Waals surface area contributed by atoms with Crippen molar-refractivity contribution in [3.8, 4) is 0 Å². The third-order valence-electron chi connectivity index (χ3n) is 4.87. The Morgan fingerprint density at radius 2 is 2.19 bits per heavy atom. The number of hydrogen-bond acceptors (Lipinski definition) is 5. The first-order valence-electron chi connectivity index (χ1n) is 8.86. The second-order valence-corrected chi connectivity index (χ2v) is 6.64. The van der Waals surface area contributed by atoms with Gasteiger partial charge in [0.05, 0.1) is 18.6 Å². The van der Waals surface area contributed by atoms with Crippen LogP contribution in [0.25, 0.3) is 10.8 Å². The number of β-amino-alcohol motifs (C(OH)–C–C–N with tert-alkyl or cyclic N) is 1. The summed E-state index contributed by atoms with van der Waals surface area (Å²) in [5.74, 6) is 1.31. The molecule has 2 aromatic heterocycles. The summed E-state index contributed by atoms with van der Waals surface area (Å²) in [7, 11) is 0. The fourth-order valence-electron chi connectivity index (χ4n) is 3.54. The SMILES string of the molecule is CCc1nc([C@@H]2C[C@@H](O)CN2C(=O)Cc2cncc3ccccc23)n[nH]1. The number of amides is 1. The van der Waals surface area contributed by atoms with Gasteiger partial charge in [-0.1, -0.05) is 31.2 Å². The van der Waals surface area contributed by atoms with Gasteiger partial charge in [0, 0.05) is 37.2 Å². The van der Waals surface area contributed by atoms with Gasteiger partial charge < -0.3 is 10.0 Å². The Morgan fingerprint density at radius 3 is 3.00 bits per heavy atom. The van der Waals surface area contributed by atoms with Crippen LogP contribution in [-0.4, -0.2) is 48.7 Å². The number of hydrogen-bond donors (Lipinski definition) is 2. The van der Waals surface area contributed by atoms with Gasteiger partial charge in [0.1, 0.15) is 5.82 Å². The molecule has 1 amide bonds. The van der Waals surface area contributed by atoms with Gasteiger partial charge in [-0.05, 0) is 10.9 Å². The summed E-state index contributed by atoms with van der Waals surface area (Å²) in [5, 5.41) is 19.3. The number of aromatic nitrogens is 4. The highest BCUT2D eigenvalue weighted by Gasteiger charge is 2.37. The van der Waals surface area contributed by atoms with E-state index in [4.69, 9.17) is 0 Å². The second-order valence-electron chi connectivity index (χ2n) is 6.64. The van der Waals surface area contributed by atoms with Crippen molar-refractivity contribution in [3.05, 3.63) is 53.9 Å². The number of rotatable bonds is 4. The maximum absolute atomic E-state index is 13.0. The number of benzene rings is 1. The lowest BCUT2D eigenvalue weighted by atomic mass is 10.0. The van der Waals surface area contributed by atoms with Crippen LogP contribution in [0.1, 0.15) is 36.6 Å². The highest BCUT2D eigenvalue weighted by molar-refractivity contribution is 5.89. The topological polar surface area (TPSA) is 95.0 Å². The van der Waals surface area contributed by atoms with Crippen LogP contribution in [0.2, 0.25) is 0 Å². The van der Waals surface area contributed by atoms with E-state index in [2.05, 4.69) is 20.2 Å². The van der Waals surface area contributed by atoms with Crippen LogP contribution < -0.4 is 0 Å². The minimum atomic E-state index is -0.557. The fraction of sp³-hybridized carbons (Fsp3) is 0.368. The molecule has 4 rings (SSSR count). The molecule has 2 atom stereocenters. The van der Waals surface area contributed by atoms with Crippen molar-refractivity contribution in [2.24, 2.45) is 0 Å². The van der Waals surface area contributed by atoms with Crippen LogP contribution in [0.5, 0.6) is 0 Å². The van der Waals surface area contributed by atoms with Gasteiger partial charge >= 0.3 is 0 Å². The lowest BCUT2D eigenvalue weighted by Crippen LogP contribution is -2.33. The highest BCUT2D eigenvalue weighted by atomic mass is 16.3. The lowest BCUT2D eigenvalue weighted by molar-refractivity contribution is -0.131. The quantitative estimate of drug-likeness (QED) is 0.747. The molecule has 0 aliphatic carbocycles. The molecule has 26 heavy (non-hydrogen) atoms. The number of H-pyrrole nitrogens is 1. The van der Waals surface area contributed by atoms with Gasteiger partial charge in [-0.15, -0.1) is 0 Å². The summed E-state index contributed by atoms with van der Waals surface area (Å²) in [6.07, 6.45) is 4.43. The van der Waals surface area contributed by atoms with E-state index in [-0.39, 0.29) is 18.4 Å². The Labute approximate surface area is 151 Å². The predicted octanol–water partition coefficient (Wildman–Crippen LogP) is 1.79. The van der Waals surface area contributed by atoms with Crippen LogP contribution in [-0.2, 0) is 17.6 Å². The second kappa shape index (κ2) is 6.84. The predicted molar refractivity (Wildman–Crippen MR) is 96.3 cm³/mol. The zero-order valence-electron chi connectivity index (χ0n) is 14.6. The molecule has 0 saturated carbocycles. The average Bonchev–Trinajstić information content (AvgIpc) is 3.28. The standard InChI is InChI=1S/C19H21N5O2/c1-2-17-21-19(23-22-17)16-8-14(25)11-24(16)18(26)7-13-10-20-9-12-5-3-4-6-15(12)13/h3-6,9-10,14,16,25H,2,7-8,11H2,1H3,(H,21,22,23)/t14-,16+/m1/s1. The summed E-state index contributed by atoms with van der Waals surface area (Å²) in [6, 6.07) is 7.60. The van der Waals surface area contributed by atoms with E-state index < -0.39 is 6.10 Å². The molecule has 1 aliphatic heterocycles. The van der Waals surface area contributed by atoms with Crippen molar-refractivity contribution in [1.29, 1.82) is 0 Å². The first-order valence-corrected chi connectivity index (χ1v) is 8.86. The summed E-state index contributed by atoms with van der Waals surface area (Å²) >= 11 is 0. The highest BCUT2D eigenvalue weighted by Crippen LogP contribution is 2.31. The molecule has 3 aromatic rings. The van der Waals surface area contributed by atoms with Gasteiger partial charge in [-0.3, -0.25) is 14.9 Å². The Bertz CT molecular complexity index is 933. The summed E-state index contributed by atoms with van der Waals surface area (Å²) in [4.78, 5) is 23.4. The van der Waals surface area contributed by atoms with Crippen molar-refractivity contribution in [2.75, 3.05) is 6.54 Å². The van der Waals surface area contributed by atoms with Crippen LogP contribution in [0.3, 0.4) is 0 Å². The van der Waals surface area contributed by atoms with Crippen molar-refractivity contribution >= 4 is 16.7 Å². The molecule has 1 aliphatic rings. The number of pyridine rings is 1. The Kier molecular flexibility index (Phi) is 4.38. The average molecular weight is 351 g/mol. The zero-order chi connectivity index (χ0) is 18.1. The maximum Gasteiger partial charge on any atom is 0.227 e. The molecule has 0 unspecified atom stereocenters. The normalized spacial score (nSPS) is 20.0. The maximum atomic E-state index is 13.0. The molecule has 1 fully saturated rings. The number of aliphatic hydroxyl groups excluding tert-OH is 1. The van der Waals surface area contributed by atoms with Gasteiger partial charge in [0.25, 0.3) is 0 Å².